The van der Waals surface area contributed by atoms with E-state index in [-0.39, 0.29) is 17.9 Å². The molecule has 2 heterocycles. The number of benzene rings is 1. The van der Waals surface area contributed by atoms with Crippen LogP contribution in [0, 0.1) is 33.5 Å². The number of aryl methyl sites for hydroxylation is 3. The molecule has 1 N–H and O–H groups in total. The molecule has 136 valence electrons. The predicted octanol–water partition coefficient (Wildman–Crippen LogP) is 4.20. The highest BCUT2D eigenvalue weighted by atomic mass is 35.5. The molecule has 1 amide bonds. The largest absolute Gasteiger partial charge is 0.361 e. The van der Waals surface area contributed by atoms with Crippen molar-refractivity contribution in [3.05, 3.63) is 63.0 Å². The Kier molecular flexibility index (Phi) is 4.82. The predicted molar refractivity (Wildman–Crippen MR) is 96.1 cm³/mol. The minimum Gasteiger partial charge on any atom is -0.361 e. The van der Waals surface area contributed by atoms with Crippen molar-refractivity contribution in [2.24, 2.45) is 0 Å². The van der Waals surface area contributed by atoms with Gasteiger partial charge in [-0.25, -0.2) is 4.39 Å². The van der Waals surface area contributed by atoms with Gasteiger partial charge < -0.3 is 9.84 Å². The fraction of sp³-hybridized carbons (Fsp3) is 0.278. The lowest BCUT2D eigenvalue weighted by molar-refractivity contribution is 0.101. The lowest BCUT2D eigenvalue weighted by Gasteiger charge is -2.08. The molecular formula is C18H18ClFN4O2. The Bertz CT molecular complexity index is 993. The van der Waals surface area contributed by atoms with Gasteiger partial charge in [0.05, 0.1) is 28.6 Å². The smallest absolute Gasteiger partial charge is 0.278 e. The number of hydrogen-bond donors (Lipinski definition) is 1. The molecule has 6 nitrogen and oxygen atoms in total. The van der Waals surface area contributed by atoms with Crippen molar-refractivity contribution in [3.8, 4) is 0 Å². The second-order valence-corrected chi connectivity index (χ2v) is 6.52. The quantitative estimate of drug-likeness (QED) is 0.740. The van der Waals surface area contributed by atoms with E-state index in [0.29, 0.717) is 22.0 Å². The lowest BCUT2D eigenvalue weighted by atomic mass is 10.1. The highest BCUT2D eigenvalue weighted by Gasteiger charge is 2.22. The van der Waals surface area contributed by atoms with E-state index in [1.165, 1.54) is 6.07 Å². The third kappa shape index (κ3) is 3.35. The molecule has 26 heavy (non-hydrogen) atoms. The zero-order valence-corrected chi connectivity index (χ0v) is 15.6. The Morgan fingerprint density at radius 2 is 2.04 bits per heavy atom. The van der Waals surface area contributed by atoms with Crippen LogP contribution >= 0.6 is 11.6 Å². The molecule has 2 aromatic heterocycles. The van der Waals surface area contributed by atoms with Crippen molar-refractivity contribution < 1.29 is 13.7 Å². The molecule has 0 aliphatic heterocycles. The Labute approximate surface area is 154 Å². The highest BCUT2D eigenvalue weighted by Crippen LogP contribution is 2.23. The summed E-state index contributed by atoms with van der Waals surface area (Å²) in [5.41, 5.74) is 3.06. The normalized spacial score (nSPS) is 11.0. The van der Waals surface area contributed by atoms with Gasteiger partial charge in [0.25, 0.3) is 5.91 Å². The summed E-state index contributed by atoms with van der Waals surface area (Å²) in [6, 6.07) is 4.49. The van der Waals surface area contributed by atoms with Gasteiger partial charge in [0, 0.05) is 5.56 Å². The van der Waals surface area contributed by atoms with Gasteiger partial charge in [-0.05, 0) is 45.4 Å². The van der Waals surface area contributed by atoms with Gasteiger partial charge >= 0.3 is 0 Å². The summed E-state index contributed by atoms with van der Waals surface area (Å²) < 4.78 is 20.8. The molecule has 0 fully saturated rings. The maximum Gasteiger partial charge on any atom is 0.278 e. The molecule has 3 rings (SSSR count). The van der Waals surface area contributed by atoms with Crippen LogP contribution in [0.15, 0.2) is 22.7 Å². The van der Waals surface area contributed by atoms with Crippen molar-refractivity contribution >= 4 is 23.2 Å². The number of halogens is 2. The van der Waals surface area contributed by atoms with Crippen LogP contribution in [0.2, 0.25) is 5.02 Å². The number of carbonyl (C=O) groups excluding carboxylic acids is 1. The molecule has 0 bridgehead atoms. The monoisotopic (exact) mass is 376 g/mol. The summed E-state index contributed by atoms with van der Waals surface area (Å²) >= 11 is 6.18. The van der Waals surface area contributed by atoms with Gasteiger partial charge in [-0.1, -0.05) is 22.8 Å². The van der Waals surface area contributed by atoms with Crippen LogP contribution in [-0.4, -0.2) is 20.8 Å². The average Bonchev–Trinajstić information content (AvgIpc) is 3.07. The van der Waals surface area contributed by atoms with Crippen LogP contribution in [-0.2, 0) is 6.54 Å². The molecule has 1 aromatic carbocycles. The van der Waals surface area contributed by atoms with Crippen molar-refractivity contribution in [2.45, 2.75) is 34.2 Å². The van der Waals surface area contributed by atoms with Crippen LogP contribution in [0.3, 0.4) is 0 Å². The summed E-state index contributed by atoms with van der Waals surface area (Å²) in [5, 5.41) is 11.3. The zero-order valence-electron chi connectivity index (χ0n) is 14.9. The summed E-state index contributed by atoms with van der Waals surface area (Å²) in [4.78, 5) is 12.6. The number of amides is 1. The van der Waals surface area contributed by atoms with Crippen LogP contribution in [0.1, 0.15) is 38.8 Å². The summed E-state index contributed by atoms with van der Waals surface area (Å²) in [6.07, 6.45) is 0. The van der Waals surface area contributed by atoms with Crippen molar-refractivity contribution in [3.63, 3.8) is 0 Å². The third-order valence-corrected chi connectivity index (χ3v) is 4.72. The number of rotatable bonds is 4. The fourth-order valence-corrected chi connectivity index (χ4v) is 2.79. The van der Waals surface area contributed by atoms with E-state index in [1.807, 2.05) is 13.8 Å². The van der Waals surface area contributed by atoms with E-state index < -0.39 is 11.7 Å². The first-order valence-corrected chi connectivity index (χ1v) is 8.38. The van der Waals surface area contributed by atoms with Crippen molar-refractivity contribution in [1.82, 2.24) is 14.9 Å². The topological polar surface area (TPSA) is 73.0 Å². The first-order valence-electron chi connectivity index (χ1n) is 8.00. The number of carbonyl (C=O) groups is 1. The van der Waals surface area contributed by atoms with Crippen molar-refractivity contribution in [1.29, 1.82) is 0 Å². The standard InChI is InChI=1S/C18H18ClFN4O2/c1-9-5-6-14(20)15(7-9)21-18(25)17-13(12(4)26-23-17)8-24-11(3)16(19)10(2)22-24/h5-7H,8H2,1-4H3,(H,21,25). The first-order chi connectivity index (χ1) is 12.3. The van der Waals surface area contributed by atoms with Crippen LogP contribution in [0.25, 0.3) is 0 Å². The molecule has 0 unspecified atom stereocenters. The maximum absolute atomic E-state index is 13.9. The average molecular weight is 377 g/mol. The molecule has 0 spiro atoms. The second-order valence-electron chi connectivity index (χ2n) is 6.15. The van der Waals surface area contributed by atoms with E-state index in [9.17, 15) is 9.18 Å². The van der Waals surface area contributed by atoms with Crippen molar-refractivity contribution in [2.75, 3.05) is 5.32 Å². The minimum absolute atomic E-state index is 0.0899. The summed E-state index contributed by atoms with van der Waals surface area (Å²) in [6.45, 7) is 7.44. The SMILES string of the molecule is Cc1ccc(F)c(NC(=O)c2noc(C)c2Cn2nc(C)c(Cl)c2C)c1. The molecule has 0 saturated heterocycles. The molecule has 0 aliphatic rings. The molecular weight excluding hydrogens is 359 g/mol. The second kappa shape index (κ2) is 6.92. The zero-order chi connectivity index (χ0) is 19.0. The highest BCUT2D eigenvalue weighted by molar-refractivity contribution is 6.31. The Morgan fingerprint density at radius 1 is 1.31 bits per heavy atom. The van der Waals surface area contributed by atoms with Gasteiger partial charge in [-0.2, -0.15) is 5.10 Å². The van der Waals surface area contributed by atoms with E-state index in [0.717, 1.165) is 11.3 Å². The lowest BCUT2D eigenvalue weighted by Crippen LogP contribution is -2.17. The van der Waals surface area contributed by atoms with Gasteiger partial charge in [-0.3, -0.25) is 9.48 Å². The molecule has 3 aromatic rings. The maximum atomic E-state index is 13.9. The van der Waals surface area contributed by atoms with Crippen LogP contribution in [0.4, 0.5) is 10.1 Å². The molecule has 0 aliphatic carbocycles. The van der Waals surface area contributed by atoms with E-state index in [4.69, 9.17) is 16.1 Å². The number of nitrogens with zero attached hydrogens (tertiary/aromatic N) is 3. The van der Waals surface area contributed by atoms with Gasteiger partial charge in [0.15, 0.2) is 5.69 Å². The van der Waals surface area contributed by atoms with Gasteiger partial charge in [0.1, 0.15) is 11.6 Å². The van der Waals surface area contributed by atoms with Gasteiger partial charge in [-0.15, -0.1) is 0 Å². The number of hydrogen-bond acceptors (Lipinski definition) is 4. The number of nitrogens with one attached hydrogen (secondary N) is 1. The molecule has 0 saturated carbocycles. The van der Waals surface area contributed by atoms with E-state index in [1.54, 1.807) is 30.7 Å². The molecule has 8 heteroatoms. The summed E-state index contributed by atoms with van der Waals surface area (Å²) in [7, 11) is 0. The van der Waals surface area contributed by atoms with Crippen LogP contribution < -0.4 is 5.32 Å². The molecule has 0 atom stereocenters. The minimum atomic E-state index is -0.547. The number of aromatic nitrogens is 3. The van der Waals surface area contributed by atoms with E-state index in [2.05, 4.69) is 15.6 Å². The van der Waals surface area contributed by atoms with Crippen LogP contribution in [0.5, 0.6) is 0 Å². The Hall–Kier alpha value is -2.67. The van der Waals surface area contributed by atoms with E-state index >= 15 is 0 Å². The first kappa shape index (κ1) is 18.1. The Morgan fingerprint density at radius 3 is 2.69 bits per heavy atom. The van der Waals surface area contributed by atoms with Gasteiger partial charge in [0.2, 0.25) is 0 Å². The fourth-order valence-electron chi connectivity index (χ4n) is 2.65. The third-order valence-electron chi connectivity index (χ3n) is 4.17. The summed E-state index contributed by atoms with van der Waals surface area (Å²) in [5.74, 6) is -0.575. The number of anilines is 1. The Balaban J connectivity index is 1.90. The molecule has 0 radical (unpaired) electrons.